The maximum Gasteiger partial charge on any atom is 0.416 e. The summed E-state index contributed by atoms with van der Waals surface area (Å²) < 4.78 is 67.4. The van der Waals surface area contributed by atoms with Crippen molar-refractivity contribution >= 4 is 28.3 Å². The number of rotatable bonds is 10. The van der Waals surface area contributed by atoms with Crippen molar-refractivity contribution in [1.29, 1.82) is 0 Å². The molecule has 1 amide bonds. The van der Waals surface area contributed by atoms with Gasteiger partial charge in [-0.15, -0.1) is 11.3 Å². The van der Waals surface area contributed by atoms with E-state index in [0.29, 0.717) is 22.6 Å². The van der Waals surface area contributed by atoms with Gasteiger partial charge >= 0.3 is 6.18 Å². The molecule has 0 atom stereocenters. The van der Waals surface area contributed by atoms with Gasteiger partial charge in [-0.1, -0.05) is 25.1 Å². The van der Waals surface area contributed by atoms with Gasteiger partial charge in [0, 0.05) is 30.3 Å². The molecule has 2 aromatic carbocycles. The molecule has 2 heterocycles. The number of nitrogens with zero attached hydrogens (tertiary/aromatic N) is 3. The average Bonchev–Trinajstić information content (AvgIpc) is 3.46. The van der Waals surface area contributed by atoms with E-state index in [1.807, 2.05) is 18.9 Å². The topological polar surface area (TPSA) is 82.6 Å². The number of carbonyl (C=O) groups excluding carboxylic acids is 1. The van der Waals surface area contributed by atoms with Crippen molar-refractivity contribution in [3.63, 3.8) is 0 Å². The number of carbonyl (C=O) groups is 1. The molecule has 0 saturated carbocycles. The first-order valence-electron chi connectivity index (χ1n) is 11.3. The Balaban J connectivity index is 1.63. The van der Waals surface area contributed by atoms with E-state index >= 15 is 0 Å². The summed E-state index contributed by atoms with van der Waals surface area (Å²) in [4.78, 5) is 18.3. The number of likely N-dealkylation sites (N-methyl/N-ethyl adjacent to an activating group) is 1. The molecule has 0 aliphatic carbocycles. The molecule has 0 unspecified atom stereocenters. The van der Waals surface area contributed by atoms with Crippen LogP contribution in [0, 0.1) is 5.82 Å². The van der Waals surface area contributed by atoms with Crippen molar-refractivity contribution < 1.29 is 31.8 Å². The highest BCUT2D eigenvalue weighted by atomic mass is 32.1. The van der Waals surface area contributed by atoms with Gasteiger partial charge in [0.25, 0.3) is 5.91 Å². The second kappa shape index (κ2) is 10.8. The molecule has 0 aliphatic rings. The molecule has 4 rings (SSSR count). The molecule has 7 nitrogen and oxygen atoms in total. The van der Waals surface area contributed by atoms with Crippen LogP contribution in [0.5, 0.6) is 11.5 Å². The van der Waals surface area contributed by atoms with Crippen LogP contribution in [0.2, 0.25) is 0 Å². The van der Waals surface area contributed by atoms with Crippen molar-refractivity contribution in [3.05, 3.63) is 70.6 Å². The van der Waals surface area contributed by atoms with Gasteiger partial charge in [0.2, 0.25) is 0 Å². The number of fused-ring (bicyclic) bond motifs is 1. The minimum atomic E-state index is -4.55. The van der Waals surface area contributed by atoms with E-state index in [4.69, 9.17) is 15.2 Å². The summed E-state index contributed by atoms with van der Waals surface area (Å²) in [7, 11) is 1.92. The molecule has 196 valence electrons. The van der Waals surface area contributed by atoms with E-state index in [9.17, 15) is 22.4 Å². The summed E-state index contributed by atoms with van der Waals surface area (Å²) in [6, 6.07) is 9.27. The van der Waals surface area contributed by atoms with Crippen molar-refractivity contribution in [1.82, 2.24) is 14.5 Å². The number of hydrogen-bond donors (Lipinski definition) is 1. The van der Waals surface area contributed by atoms with E-state index in [1.165, 1.54) is 42.7 Å². The number of ether oxygens (including phenoxy) is 2. The van der Waals surface area contributed by atoms with Gasteiger partial charge < -0.3 is 20.1 Å². The molecule has 4 aromatic rings. The fraction of sp³-hybridized carbons (Fsp3) is 0.280. The maximum absolute atomic E-state index is 14.5. The number of alkyl halides is 3. The number of benzene rings is 2. The summed E-state index contributed by atoms with van der Waals surface area (Å²) >= 11 is 0.980. The Bertz CT molecular complexity index is 1420. The SMILES string of the molecule is CCN(C)CCOc1cc2c(cc1F)ncn2-c1cc(OCc2ccccc2C(F)(F)F)c(C(N)=O)s1. The Labute approximate surface area is 214 Å². The summed E-state index contributed by atoms with van der Waals surface area (Å²) in [5.74, 6) is -1.28. The van der Waals surface area contributed by atoms with Crippen LogP contribution in [0.4, 0.5) is 17.6 Å². The van der Waals surface area contributed by atoms with E-state index in [-0.39, 0.29) is 28.5 Å². The first-order valence-corrected chi connectivity index (χ1v) is 12.1. The number of nitrogens with two attached hydrogens (primary N) is 1. The molecule has 0 bridgehead atoms. The fourth-order valence-electron chi connectivity index (χ4n) is 3.60. The third-order valence-electron chi connectivity index (χ3n) is 5.72. The molecule has 2 aromatic heterocycles. The Morgan fingerprint density at radius 1 is 1.16 bits per heavy atom. The zero-order valence-electron chi connectivity index (χ0n) is 20.0. The molecule has 2 N–H and O–H groups in total. The molecular formula is C25H24F4N4O3S. The number of halogens is 4. The van der Waals surface area contributed by atoms with Crippen molar-refractivity contribution in [3.8, 4) is 16.5 Å². The van der Waals surface area contributed by atoms with Crippen LogP contribution in [-0.2, 0) is 12.8 Å². The van der Waals surface area contributed by atoms with Crippen LogP contribution in [0.1, 0.15) is 27.7 Å². The molecule has 0 radical (unpaired) electrons. The van der Waals surface area contributed by atoms with Crippen LogP contribution in [0.15, 0.2) is 48.8 Å². The summed E-state index contributed by atoms with van der Waals surface area (Å²) in [5.41, 5.74) is 5.46. The zero-order valence-corrected chi connectivity index (χ0v) is 20.8. The second-order valence-corrected chi connectivity index (χ2v) is 9.25. The monoisotopic (exact) mass is 536 g/mol. The van der Waals surface area contributed by atoms with Crippen LogP contribution >= 0.6 is 11.3 Å². The first-order chi connectivity index (χ1) is 17.6. The first kappa shape index (κ1) is 26.4. The number of aromatic nitrogens is 2. The number of thiophene rings is 1. The third kappa shape index (κ3) is 5.86. The lowest BCUT2D eigenvalue weighted by Gasteiger charge is -2.14. The Morgan fingerprint density at radius 3 is 2.62 bits per heavy atom. The van der Waals surface area contributed by atoms with E-state index < -0.39 is 30.1 Å². The molecule has 0 aliphatic heterocycles. The highest BCUT2D eigenvalue weighted by Crippen LogP contribution is 2.36. The second-order valence-electron chi connectivity index (χ2n) is 8.22. The lowest BCUT2D eigenvalue weighted by atomic mass is 10.1. The quantitative estimate of drug-likeness (QED) is 0.280. The van der Waals surface area contributed by atoms with Crippen LogP contribution in [0.25, 0.3) is 16.0 Å². The standard InChI is InChI=1S/C25H24F4N4O3S/c1-3-32(2)8-9-35-20-11-19-18(10-17(20)26)31-14-33(19)22-12-21(23(37-22)24(30)34)36-13-15-6-4-5-7-16(15)25(27,28)29/h4-7,10-12,14H,3,8-9,13H2,1-2H3,(H2,30,34). The van der Waals surface area contributed by atoms with E-state index in [2.05, 4.69) is 4.98 Å². The summed E-state index contributed by atoms with van der Waals surface area (Å²) in [6.07, 6.45) is -3.11. The molecule has 12 heteroatoms. The maximum atomic E-state index is 14.5. The van der Waals surface area contributed by atoms with Crippen LogP contribution in [0.3, 0.4) is 0 Å². The number of amides is 1. The molecular weight excluding hydrogens is 512 g/mol. The zero-order chi connectivity index (χ0) is 26.7. The predicted octanol–water partition coefficient (Wildman–Crippen LogP) is 5.25. The van der Waals surface area contributed by atoms with Gasteiger partial charge in [-0.25, -0.2) is 9.37 Å². The van der Waals surface area contributed by atoms with Crippen molar-refractivity contribution in [2.75, 3.05) is 26.7 Å². The van der Waals surface area contributed by atoms with Crippen LogP contribution < -0.4 is 15.2 Å². The Kier molecular flexibility index (Phi) is 7.69. The molecule has 0 fully saturated rings. The number of primary amides is 1. The minimum Gasteiger partial charge on any atom is -0.489 e. The van der Waals surface area contributed by atoms with Gasteiger partial charge in [-0.2, -0.15) is 13.2 Å². The van der Waals surface area contributed by atoms with Gasteiger partial charge in [-0.05, 0) is 19.7 Å². The number of imidazole rings is 1. The van der Waals surface area contributed by atoms with Gasteiger partial charge in [-0.3, -0.25) is 9.36 Å². The highest BCUT2D eigenvalue weighted by Gasteiger charge is 2.33. The van der Waals surface area contributed by atoms with Gasteiger partial charge in [0.05, 0.1) is 16.6 Å². The molecule has 0 spiro atoms. The summed E-state index contributed by atoms with van der Waals surface area (Å²) in [6.45, 7) is 3.29. The van der Waals surface area contributed by atoms with Gasteiger partial charge in [0.15, 0.2) is 11.6 Å². The smallest absolute Gasteiger partial charge is 0.416 e. The van der Waals surface area contributed by atoms with E-state index in [1.54, 1.807) is 4.57 Å². The Hall–Kier alpha value is -3.64. The minimum absolute atomic E-state index is 0.0301. The largest absolute Gasteiger partial charge is 0.489 e. The lowest BCUT2D eigenvalue weighted by Crippen LogP contribution is -2.23. The fourth-order valence-corrected chi connectivity index (χ4v) is 4.54. The average molecular weight is 537 g/mol. The highest BCUT2D eigenvalue weighted by molar-refractivity contribution is 7.16. The van der Waals surface area contributed by atoms with Crippen molar-refractivity contribution in [2.24, 2.45) is 5.73 Å². The summed E-state index contributed by atoms with van der Waals surface area (Å²) in [5, 5.41) is 0.457. The Morgan fingerprint density at radius 2 is 1.92 bits per heavy atom. The van der Waals surface area contributed by atoms with E-state index in [0.717, 1.165) is 23.9 Å². The van der Waals surface area contributed by atoms with Crippen molar-refractivity contribution in [2.45, 2.75) is 19.7 Å². The predicted molar refractivity (Wildman–Crippen MR) is 132 cm³/mol. The third-order valence-corrected chi connectivity index (χ3v) is 6.85. The van der Waals surface area contributed by atoms with Gasteiger partial charge in [0.1, 0.15) is 35.2 Å². The van der Waals surface area contributed by atoms with Crippen LogP contribution in [-0.4, -0.2) is 47.1 Å². The lowest BCUT2D eigenvalue weighted by molar-refractivity contribution is -0.138. The number of hydrogen-bond acceptors (Lipinski definition) is 6. The molecule has 37 heavy (non-hydrogen) atoms. The molecule has 0 saturated heterocycles. The normalized spacial score (nSPS) is 11.9.